The molecule has 1 heterocycles. The largest absolute Gasteiger partial charge is 0.381 e. The minimum atomic E-state index is 0.598. The number of aromatic nitrogens is 1. The summed E-state index contributed by atoms with van der Waals surface area (Å²) in [4.78, 5) is 6.47. The van der Waals surface area contributed by atoms with Crippen LogP contribution in [0.4, 0.5) is 11.5 Å². The predicted molar refractivity (Wildman–Crippen MR) is 78.2 cm³/mol. The summed E-state index contributed by atoms with van der Waals surface area (Å²) in [5, 5.41) is 3.65. The van der Waals surface area contributed by atoms with Gasteiger partial charge in [0.15, 0.2) is 0 Å². The summed E-state index contributed by atoms with van der Waals surface area (Å²) in [5.41, 5.74) is 1.14. The highest BCUT2D eigenvalue weighted by atomic mass is 15.1. The lowest BCUT2D eigenvalue weighted by molar-refractivity contribution is 0.253. The average molecular weight is 247 g/mol. The molecule has 0 aromatic carbocycles. The number of pyridine rings is 1. The van der Waals surface area contributed by atoms with Crippen LogP contribution in [-0.2, 0) is 0 Å². The van der Waals surface area contributed by atoms with Crippen molar-refractivity contribution in [3.8, 4) is 0 Å². The minimum absolute atomic E-state index is 0.598. The molecule has 1 saturated carbocycles. The topological polar surface area (TPSA) is 28.2 Å². The van der Waals surface area contributed by atoms with E-state index in [0.717, 1.165) is 23.3 Å². The van der Waals surface area contributed by atoms with E-state index in [2.05, 4.69) is 36.3 Å². The molecule has 3 atom stereocenters. The molecule has 1 aromatic heterocycles. The molecular formula is C15H25N3. The molecular weight excluding hydrogens is 222 g/mol. The Balaban J connectivity index is 2.00. The van der Waals surface area contributed by atoms with Crippen LogP contribution < -0.4 is 10.2 Å². The lowest BCUT2D eigenvalue weighted by atomic mass is 9.78. The molecule has 100 valence electrons. The Hall–Kier alpha value is -1.25. The lowest BCUT2D eigenvalue weighted by Crippen LogP contribution is -2.35. The quantitative estimate of drug-likeness (QED) is 0.887. The van der Waals surface area contributed by atoms with E-state index in [-0.39, 0.29) is 0 Å². The van der Waals surface area contributed by atoms with Gasteiger partial charge in [0.05, 0.1) is 11.9 Å². The second-order valence-corrected chi connectivity index (χ2v) is 5.82. The SMILES string of the molecule is CC1CCCC(Nc2ccc(N(C)C)nc2)C1C. The zero-order valence-corrected chi connectivity index (χ0v) is 12.0. The molecule has 3 unspecified atom stereocenters. The molecule has 0 spiro atoms. The summed E-state index contributed by atoms with van der Waals surface area (Å²) in [6.45, 7) is 4.73. The molecule has 0 bridgehead atoms. The van der Waals surface area contributed by atoms with Gasteiger partial charge >= 0.3 is 0 Å². The first-order chi connectivity index (χ1) is 8.58. The fraction of sp³-hybridized carbons (Fsp3) is 0.667. The van der Waals surface area contributed by atoms with Crippen LogP contribution in [0.25, 0.3) is 0 Å². The van der Waals surface area contributed by atoms with Crippen LogP contribution in [-0.4, -0.2) is 25.1 Å². The Labute approximate surface area is 111 Å². The maximum absolute atomic E-state index is 4.45. The molecule has 18 heavy (non-hydrogen) atoms. The molecule has 1 N–H and O–H groups in total. The third kappa shape index (κ3) is 2.95. The Kier molecular flexibility index (Phi) is 4.10. The summed E-state index contributed by atoms with van der Waals surface area (Å²) in [6, 6.07) is 4.80. The van der Waals surface area contributed by atoms with Gasteiger partial charge in [0.1, 0.15) is 5.82 Å². The Morgan fingerprint density at radius 3 is 2.61 bits per heavy atom. The first-order valence-corrected chi connectivity index (χ1v) is 6.98. The first-order valence-electron chi connectivity index (χ1n) is 6.98. The van der Waals surface area contributed by atoms with E-state index >= 15 is 0 Å². The van der Waals surface area contributed by atoms with Gasteiger partial charge in [0, 0.05) is 20.1 Å². The molecule has 1 fully saturated rings. The molecule has 2 rings (SSSR count). The van der Waals surface area contributed by atoms with Crippen molar-refractivity contribution in [2.24, 2.45) is 11.8 Å². The van der Waals surface area contributed by atoms with Crippen molar-refractivity contribution < 1.29 is 0 Å². The molecule has 0 saturated heterocycles. The van der Waals surface area contributed by atoms with Gasteiger partial charge in [-0.2, -0.15) is 0 Å². The molecule has 1 aliphatic rings. The van der Waals surface area contributed by atoms with Crippen LogP contribution in [0.1, 0.15) is 33.1 Å². The fourth-order valence-corrected chi connectivity index (χ4v) is 2.74. The van der Waals surface area contributed by atoms with Crippen LogP contribution in [0.5, 0.6) is 0 Å². The van der Waals surface area contributed by atoms with Crippen LogP contribution in [0.3, 0.4) is 0 Å². The number of nitrogens with zero attached hydrogens (tertiary/aromatic N) is 2. The van der Waals surface area contributed by atoms with Gasteiger partial charge in [-0.1, -0.05) is 26.7 Å². The number of anilines is 2. The van der Waals surface area contributed by atoms with E-state index in [4.69, 9.17) is 0 Å². The Morgan fingerprint density at radius 2 is 2.00 bits per heavy atom. The molecule has 1 aliphatic carbocycles. The standard InChI is InChI=1S/C15H25N3/c1-11-6-5-7-14(12(11)2)17-13-8-9-15(16-10-13)18(3)4/h8-12,14,17H,5-7H2,1-4H3. The number of nitrogens with one attached hydrogen (secondary N) is 1. The first kappa shape index (κ1) is 13.2. The van der Waals surface area contributed by atoms with E-state index < -0.39 is 0 Å². The van der Waals surface area contributed by atoms with Crippen molar-refractivity contribution in [3.63, 3.8) is 0 Å². The van der Waals surface area contributed by atoms with E-state index in [9.17, 15) is 0 Å². The summed E-state index contributed by atoms with van der Waals surface area (Å²) < 4.78 is 0. The van der Waals surface area contributed by atoms with Gasteiger partial charge in [-0.3, -0.25) is 0 Å². The molecule has 1 aromatic rings. The van der Waals surface area contributed by atoms with Gasteiger partial charge in [0.25, 0.3) is 0 Å². The van der Waals surface area contributed by atoms with E-state index in [1.165, 1.54) is 19.3 Å². The van der Waals surface area contributed by atoms with E-state index in [0.29, 0.717) is 6.04 Å². The van der Waals surface area contributed by atoms with Gasteiger partial charge in [0.2, 0.25) is 0 Å². The van der Waals surface area contributed by atoms with Crippen LogP contribution >= 0.6 is 0 Å². The van der Waals surface area contributed by atoms with Gasteiger partial charge in [-0.25, -0.2) is 4.98 Å². The Morgan fingerprint density at radius 1 is 1.22 bits per heavy atom. The van der Waals surface area contributed by atoms with Crippen molar-refractivity contribution in [2.75, 3.05) is 24.3 Å². The lowest BCUT2D eigenvalue weighted by Gasteiger charge is -2.35. The molecule has 3 nitrogen and oxygen atoms in total. The average Bonchev–Trinajstić information content (AvgIpc) is 2.36. The van der Waals surface area contributed by atoms with Crippen LogP contribution in [0, 0.1) is 11.8 Å². The minimum Gasteiger partial charge on any atom is -0.381 e. The highest BCUT2D eigenvalue weighted by molar-refractivity contribution is 5.48. The van der Waals surface area contributed by atoms with Crippen LogP contribution in [0.15, 0.2) is 18.3 Å². The van der Waals surface area contributed by atoms with E-state index in [1.54, 1.807) is 0 Å². The second kappa shape index (κ2) is 5.59. The number of hydrogen-bond donors (Lipinski definition) is 1. The normalized spacial score (nSPS) is 27.9. The number of hydrogen-bond acceptors (Lipinski definition) is 3. The molecule has 0 radical (unpaired) electrons. The maximum Gasteiger partial charge on any atom is 0.128 e. The van der Waals surface area contributed by atoms with Crippen molar-refractivity contribution in [3.05, 3.63) is 18.3 Å². The van der Waals surface area contributed by atoms with Gasteiger partial charge in [-0.15, -0.1) is 0 Å². The molecule has 0 aliphatic heterocycles. The summed E-state index contributed by atoms with van der Waals surface area (Å²) in [5.74, 6) is 2.57. The number of rotatable bonds is 3. The second-order valence-electron chi connectivity index (χ2n) is 5.82. The van der Waals surface area contributed by atoms with Crippen molar-refractivity contribution in [1.29, 1.82) is 0 Å². The summed E-state index contributed by atoms with van der Waals surface area (Å²) in [6.07, 6.45) is 5.94. The van der Waals surface area contributed by atoms with Crippen molar-refractivity contribution >= 4 is 11.5 Å². The van der Waals surface area contributed by atoms with Crippen LogP contribution in [0.2, 0.25) is 0 Å². The Bertz CT molecular complexity index is 372. The van der Waals surface area contributed by atoms with Gasteiger partial charge in [-0.05, 0) is 30.4 Å². The zero-order valence-electron chi connectivity index (χ0n) is 12.0. The predicted octanol–water partition coefficient (Wildman–Crippen LogP) is 3.38. The summed E-state index contributed by atoms with van der Waals surface area (Å²) in [7, 11) is 4.03. The molecule has 3 heteroatoms. The highest BCUT2D eigenvalue weighted by Crippen LogP contribution is 2.31. The smallest absolute Gasteiger partial charge is 0.128 e. The fourth-order valence-electron chi connectivity index (χ4n) is 2.74. The highest BCUT2D eigenvalue weighted by Gasteiger charge is 2.26. The maximum atomic E-state index is 4.45. The third-order valence-electron chi connectivity index (χ3n) is 4.26. The van der Waals surface area contributed by atoms with Crippen molar-refractivity contribution in [2.45, 2.75) is 39.2 Å². The zero-order chi connectivity index (χ0) is 13.1. The van der Waals surface area contributed by atoms with E-state index in [1.807, 2.05) is 25.2 Å². The van der Waals surface area contributed by atoms with Gasteiger partial charge < -0.3 is 10.2 Å². The third-order valence-corrected chi connectivity index (χ3v) is 4.26. The summed E-state index contributed by atoms with van der Waals surface area (Å²) >= 11 is 0. The van der Waals surface area contributed by atoms with Crippen molar-refractivity contribution in [1.82, 2.24) is 4.98 Å². The molecule has 0 amide bonds. The monoisotopic (exact) mass is 247 g/mol.